The summed E-state index contributed by atoms with van der Waals surface area (Å²) in [6, 6.07) is 8.62. The molecule has 3 rings (SSSR count). The van der Waals surface area contributed by atoms with Crippen molar-refractivity contribution in [1.82, 2.24) is 0 Å². The maximum atomic E-state index is 12.3. The average molecular weight is 358 g/mol. The predicted molar refractivity (Wildman–Crippen MR) is 101 cm³/mol. The molecule has 3 N–H and O–H groups in total. The van der Waals surface area contributed by atoms with Crippen LogP contribution in [0.2, 0.25) is 5.02 Å². The van der Waals surface area contributed by atoms with Gasteiger partial charge in [-0.3, -0.25) is 9.59 Å². The van der Waals surface area contributed by atoms with Gasteiger partial charge in [-0.2, -0.15) is 0 Å². The molecule has 0 saturated carbocycles. The van der Waals surface area contributed by atoms with Crippen molar-refractivity contribution in [3.8, 4) is 0 Å². The zero-order valence-corrected chi connectivity index (χ0v) is 15.1. The molecule has 0 radical (unpaired) electrons. The normalized spacial score (nSPS) is 15.8. The van der Waals surface area contributed by atoms with Crippen molar-refractivity contribution in [3.63, 3.8) is 0 Å². The van der Waals surface area contributed by atoms with Gasteiger partial charge in [0.05, 0.1) is 17.8 Å². The fraction of sp³-hybridized carbons (Fsp3) is 0.263. The molecule has 1 aliphatic rings. The van der Waals surface area contributed by atoms with Gasteiger partial charge in [0.1, 0.15) is 6.04 Å². The monoisotopic (exact) mass is 357 g/mol. The molecule has 0 bridgehead atoms. The van der Waals surface area contributed by atoms with Crippen molar-refractivity contribution in [3.05, 3.63) is 52.0 Å². The minimum absolute atomic E-state index is 0.0314. The Morgan fingerprint density at radius 2 is 1.76 bits per heavy atom. The van der Waals surface area contributed by atoms with E-state index in [4.69, 9.17) is 11.6 Å². The van der Waals surface area contributed by atoms with E-state index in [2.05, 4.69) is 16.0 Å². The number of hydrogen-bond acceptors (Lipinski definition) is 3. The number of halogens is 1. The fourth-order valence-corrected chi connectivity index (χ4v) is 2.90. The topological polar surface area (TPSA) is 70.2 Å². The SMILES string of the molecule is Cc1cc2c(cc1C)NC(CC(=O)Nc1ccc(C)c(Cl)c1)C(=O)N2. The van der Waals surface area contributed by atoms with Gasteiger partial charge in [-0.25, -0.2) is 0 Å². The maximum absolute atomic E-state index is 12.3. The molecule has 2 amide bonds. The van der Waals surface area contributed by atoms with Gasteiger partial charge in [0, 0.05) is 10.7 Å². The lowest BCUT2D eigenvalue weighted by Gasteiger charge is -2.27. The number of hydrogen-bond donors (Lipinski definition) is 3. The first kappa shape index (κ1) is 17.3. The van der Waals surface area contributed by atoms with Crippen LogP contribution in [0.25, 0.3) is 0 Å². The van der Waals surface area contributed by atoms with Crippen LogP contribution in [0.1, 0.15) is 23.1 Å². The van der Waals surface area contributed by atoms with Crippen LogP contribution >= 0.6 is 11.6 Å². The van der Waals surface area contributed by atoms with Gasteiger partial charge >= 0.3 is 0 Å². The van der Waals surface area contributed by atoms with E-state index in [0.717, 1.165) is 28.1 Å². The van der Waals surface area contributed by atoms with Gasteiger partial charge in [0.25, 0.3) is 0 Å². The molecule has 6 heteroatoms. The highest BCUT2D eigenvalue weighted by molar-refractivity contribution is 6.31. The third kappa shape index (κ3) is 3.77. The first-order valence-corrected chi connectivity index (χ1v) is 8.46. The summed E-state index contributed by atoms with van der Waals surface area (Å²) in [7, 11) is 0. The van der Waals surface area contributed by atoms with Crippen molar-refractivity contribution in [1.29, 1.82) is 0 Å². The van der Waals surface area contributed by atoms with E-state index in [-0.39, 0.29) is 18.2 Å². The summed E-state index contributed by atoms with van der Waals surface area (Å²) in [6.07, 6.45) is 0.0314. The molecule has 0 aromatic heterocycles. The van der Waals surface area contributed by atoms with Crippen LogP contribution in [0.5, 0.6) is 0 Å². The second-order valence-electron chi connectivity index (χ2n) is 6.38. The Bertz CT molecular complexity index is 864. The molecule has 130 valence electrons. The number of aryl methyl sites for hydroxylation is 3. The molecule has 5 nitrogen and oxygen atoms in total. The molecule has 0 spiro atoms. The van der Waals surface area contributed by atoms with Gasteiger partial charge in [-0.15, -0.1) is 0 Å². The van der Waals surface area contributed by atoms with Crippen LogP contribution in [-0.4, -0.2) is 17.9 Å². The van der Waals surface area contributed by atoms with Crippen LogP contribution < -0.4 is 16.0 Å². The number of carbonyl (C=O) groups is 2. The third-order valence-corrected chi connectivity index (χ3v) is 4.79. The van der Waals surface area contributed by atoms with Crippen molar-refractivity contribution in [2.24, 2.45) is 0 Å². The van der Waals surface area contributed by atoms with E-state index in [1.807, 2.05) is 39.0 Å². The molecular formula is C19H20ClN3O2. The molecule has 0 fully saturated rings. The predicted octanol–water partition coefficient (Wildman–Crippen LogP) is 4.03. The Morgan fingerprint density at radius 3 is 2.44 bits per heavy atom. The minimum atomic E-state index is -0.615. The summed E-state index contributed by atoms with van der Waals surface area (Å²) in [4.78, 5) is 24.5. The van der Waals surface area contributed by atoms with Crippen LogP contribution in [0.4, 0.5) is 17.1 Å². The van der Waals surface area contributed by atoms with Gasteiger partial charge in [-0.05, 0) is 61.7 Å². The Balaban J connectivity index is 1.69. The highest BCUT2D eigenvalue weighted by Crippen LogP contribution is 2.30. The quantitative estimate of drug-likeness (QED) is 0.776. The lowest BCUT2D eigenvalue weighted by molar-refractivity contribution is -0.122. The number of anilines is 3. The minimum Gasteiger partial charge on any atom is -0.372 e. The van der Waals surface area contributed by atoms with Crippen LogP contribution in [0, 0.1) is 20.8 Å². The van der Waals surface area contributed by atoms with E-state index in [9.17, 15) is 9.59 Å². The number of carbonyl (C=O) groups excluding carboxylic acids is 2. The molecule has 1 aliphatic heterocycles. The summed E-state index contributed by atoms with van der Waals surface area (Å²) in [5, 5.41) is 9.38. The number of amides is 2. The average Bonchev–Trinajstić information content (AvgIpc) is 2.54. The molecule has 1 unspecified atom stereocenters. The van der Waals surface area contributed by atoms with Gasteiger partial charge in [0.15, 0.2) is 0 Å². The van der Waals surface area contributed by atoms with Gasteiger partial charge in [-0.1, -0.05) is 17.7 Å². The molecule has 2 aromatic rings. The number of nitrogens with one attached hydrogen (secondary N) is 3. The van der Waals surface area contributed by atoms with Crippen molar-refractivity contribution in [2.75, 3.05) is 16.0 Å². The van der Waals surface area contributed by atoms with Crippen molar-refractivity contribution >= 4 is 40.5 Å². The van der Waals surface area contributed by atoms with E-state index in [0.29, 0.717) is 10.7 Å². The number of rotatable bonds is 3. The second kappa shape index (κ2) is 6.76. The Hall–Kier alpha value is -2.53. The molecule has 0 saturated heterocycles. The highest BCUT2D eigenvalue weighted by atomic mass is 35.5. The summed E-state index contributed by atoms with van der Waals surface area (Å²) < 4.78 is 0. The standard InChI is InChI=1S/C19H20ClN3O2/c1-10-4-5-13(8-14(10)20)21-18(24)9-17-19(25)23-16-7-12(3)11(2)6-15(16)22-17/h4-8,17,22H,9H2,1-3H3,(H,21,24)(H,23,25). The van der Waals surface area contributed by atoms with Crippen LogP contribution in [0.3, 0.4) is 0 Å². The smallest absolute Gasteiger partial charge is 0.247 e. The van der Waals surface area contributed by atoms with E-state index in [1.54, 1.807) is 12.1 Å². The summed E-state index contributed by atoms with van der Waals surface area (Å²) >= 11 is 6.07. The van der Waals surface area contributed by atoms with Gasteiger partial charge < -0.3 is 16.0 Å². The Morgan fingerprint density at radius 1 is 1.08 bits per heavy atom. The first-order valence-electron chi connectivity index (χ1n) is 8.08. The second-order valence-corrected chi connectivity index (χ2v) is 6.79. The Labute approximate surface area is 151 Å². The number of fused-ring (bicyclic) bond motifs is 1. The van der Waals surface area contributed by atoms with E-state index < -0.39 is 6.04 Å². The highest BCUT2D eigenvalue weighted by Gasteiger charge is 2.28. The van der Waals surface area contributed by atoms with Crippen LogP contribution in [0.15, 0.2) is 30.3 Å². The zero-order chi connectivity index (χ0) is 18.1. The molecule has 0 aliphatic carbocycles. The summed E-state index contributed by atoms with van der Waals surface area (Å²) in [6.45, 7) is 5.90. The summed E-state index contributed by atoms with van der Waals surface area (Å²) in [5.74, 6) is -0.465. The van der Waals surface area contributed by atoms with Gasteiger partial charge in [0.2, 0.25) is 11.8 Å². The maximum Gasteiger partial charge on any atom is 0.247 e. The summed E-state index contributed by atoms with van der Waals surface area (Å²) in [5.41, 5.74) is 5.36. The molecular weight excluding hydrogens is 338 g/mol. The largest absolute Gasteiger partial charge is 0.372 e. The first-order chi connectivity index (χ1) is 11.8. The zero-order valence-electron chi connectivity index (χ0n) is 14.4. The van der Waals surface area contributed by atoms with Crippen molar-refractivity contribution < 1.29 is 9.59 Å². The molecule has 2 aromatic carbocycles. The lowest BCUT2D eigenvalue weighted by atomic mass is 10.0. The third-order valence-electron chi connectivity index (χ3n) is 4.38. The van der Waals surface area contributed by atoms with Crippen molar-refractivity contribution in [2.45, 2.75) is 33.2 Å². The number of benzene rings is 2. The lowest BCUT2D eigenvalue weighted by Crippen LogP contribution is -2.41. The Kier molecular flexibility index (Phi) is 4.68. The molecule has 1 heterocycles. The fourth-order valence-electron chi connectivity index (χ4n) is 2.72. The molecule has 25 heavy (non-hydrogen) atoms. The van der Waals surface area contributed by atoms with Crippen LogP contribution in [-0.2, 0) is 9.59 Å². The van der Waals surface area contributed by atoms with E-state index in [1.165, 1.54) is 0 Å². The van der Waals surface area contributed by atoms with E-state index >= 15 is 0 Å². The molecule has 1 atom stereocenters.